The molecule has 3 heteroatoms. The van der Waals surface area contributed by atoms with Gasteiger partial charge in [-0.3, -0.25) is 0 Å². The highest BCUT2D eigenvalue weighted by molar-refractivity contribution is 6.47. The van der Waals surface area contributed by atoms with Crippen molar-refractivity contribution in [1.82, 2.24) is 0 Å². The number of phenolic OH excluding ortho intramolecular Hbond substituents is 1. The lowest BCUT2D eigenvalue weighted by atomic mass is 10.0. The molecular formula is C17H20O2Si. The first kappa shape index (κ1) is 14.8. The summed E-state index contributed by atoms with van der Waals surface area (Å²) in [4.78, 5) is 0. The predicted octanol–water partition coefficient (Wildman–Crippen LogP) is 3.29. The van der Waals surface area contributed by atoms with Gasteiger partial charge in [-0.1, -0.05) is 55.8 Å². The second-order valence-electron chi connectivity index (χ2n) is 5.26. The van der Waals surface area contributed by atoms with Crippen molar-refractivity contribution < 1.29 is 9.53 Å². The average Bonchev–Trinajstić information content (AvgIpc) is 2.42. The molecule has 1 N–H and O–H groups in total. The van der Waals surface area contributed by atoms with Crippen LogP contribution in [0.25, 0.3) is 0 Å². The van der Waals surface area contributed by atoms with Crippen LogP contribution >= 0.6 is 0 Å². The van der Waals surface area contributed by atoms with Gasteiger partial charge in [0.25, 0.3) is 9.76 Å². The van der Waals surface area contributed by atoms with Crippen LogP contribution in [-0.4, -0.2) is 14.9 Å². The van der Waals surface area contributed by atoms with Crippen LogP contribution in [0.2, 0.25) is 0 Å². The van der Waals surface area contributed by atoms with Crippen molar-refractivity contribution in [2.24, 2.45) is 0 Å². The molecule has 2 nitrogen and oxygen atoms in total. The molecule has 0 atom stereocenters. The lowest BCUT2D eigenvalue weighted by Gasteiger charge is -2.13. The van der Waals surface area contributed by atoms with Crippen LogP contribution < -0.4 is 5.19 Å². The summed E-state index contributed by atoms with van der Waals surface area (Å²) in [5, 5.41) is 11.0. The van der Waals surface area contributed by atoms with E-state index in [1.54, 1.807) is 6.07 Å². The monoisotopic (exact) mass is 284 g/mol. The number of benzene rings is 2. The fourth-order valence-corrected chi connectivity index (χ4v) is 3.09. The second-order valence-corrected chi connectivity index (χ2v) is 6.30. The van der Waals surface area contributed by atoms with E-state index in [1.165, 1.54) is 16.3 Å². The molecule has 0 spiro atoms. The van der Waals surface area contributed by atoms with Gasteiger partial charge in [-0.25, -0.2) is 0 Å². The number of aryl methyl sites for hydroxylation is 1. The molecule has 0 heterocycles. The van der Waals surface area contributed by atoms with Gasteiger partial charge in [-0.15, -0.1) is 0 Å². The van der Waals surface area contributed by atoms with Gasteiger partial charge >= 0.3 is 0 Å². The minimum Gasteiger partial charge on any atom is -0.508 e. The van der Waals surface area contributed by atoms with E-state index in [0.29, 0.717) is 28.0 Å². The molecule has 0 saturated carbocycles. The van der Waals surface area contributed by atoms with Gasteiger partial charge in [-0.2, -0.15) is 0 Å². The Hall–Kier alpha value is -1.58. The van der Waals surface area contributed by atoms with Gasteiger partial charge in [0.2, 0.25) is 0 Å². The van der Waals surface area contributed by atoms with E-state index < -0.39 is 0 Å². The molecule has 0 fully saturated rings. The normalized spacial score (nSPS) is 11.0. The van der Waals surface area contributed by atoms with Gasteiger partial charge in [0.15, 0.2) is 0 Å². The van der Waals surface area contributed by atoms with Crippen molar-refractivity contribution in [3.8, 4) is 5.75 Å². The Balaban J connectivity index is 2.03. The molecule has 2 aromatic carbocycles. The zero-order chi connectivity index (χ0) is 14.5. The summed E-state index contributed by atoms with van der Waals surface area (Å²) in [5.41, 5.74) is 3.46. The molecule has 0 amide bonds. The molecule has 0 aliphatic carbocycles. The van der Waals surface area contributed by atoms with Crippen molar-refractivity contribution >= 4 is 14.9 Å². The van der Waals surface area contributed by atoms with Crippen LogP contribution in [0, 0.1) is 6.92 Å². The third-order valence-corrected chi connectivity index (χ3v) is 4.19. The fraction of sp³-hybridized carbons (Fsp3) is 0.294. The summed E-state index contributed by atoms with van der Waals surface area (Å²) < 4.78 is 5.79. The summed E-state index contributed by atoms with van der Waals surface area (Å²) in [7, 11) is 0.303. The van der Waals surface area contributed by atoms with E-state index in [2.05, 4.69) is 39.0 Å². The van der Waals surface area contributed by atoms with Crippen molar-refractivity contribution in [2.45, 2.75) is 33.3 Å². The standard InChI is InChI=1S/C17H20O2Si/c1-12(2)15-10-13(3)8-9-17(15)20-19-11-14-6-4-5-7-16(14)18/h4-10,12,18H,11H2,1-3H3. The molecule has 20 heavy (non-hydrogen) atoms. The van der Waals surface area contributed by atoms with E-state index in [0.717, 1.165) is 5.56 Å². The zero-order valence-corrected chi connectivity index (χ0v) is 13.2. The van der Waals surface area contributed by atoms with E-state index >= 15 is 0 Å². The van der Waals surface area contributed by atoms with Crippen LogP contribution in [0.15, 0.2) is 42.5 Å². The molecule has 0 unspecified atom stereocenters. The maximum absolute atomic E-state index is 9.71. The summed E-state index contributed by atoms with van der Waals surface area (Å²) >= 11 is 0. The summed E-state index contributed by atoms with van der Waals surface area (Å²) in [6.07, 6.45) is 0. The molecule has 104 valence electrons. The first-order valence-corrected chi connectivity index (χ1v) is 7.74. The molecule has 2 aromatic rings. The Labute approximate surface area is 123 Å². The van der Waals surface area contributed by atoms with Crippen LogP contribution in [-0.2, 0) is 11.0 Å². The highest BCUT2D eigenvalue weighted by Gasteiger charge is 2.09. The first-order valence-electron chi connectivity index (χ1n) is 6.83. The van der Waals surface area contributed by atoms with Crippen molar-refractivity contribution in [2.75, 3.05) is 0 Å². The summed E-state index contributed by atoms with van der Waals surface area (Å²) in [6.45, 7) is 6.95. The van der Waals surface area contributed by atoms with Crippen molar-refractivity contribution in [3.63, 3.8) is 0 Å². The third-order valence-electron chi connectivity index (χ3n) is 3.23. The van der Waals surface area contributed by atoms with Crippen molar-refractivity contribution in [1.29, 1.82) is 0 Å². The van der Waals surface area contributed by atoms with E-state index in [9.17, 15) is 5.11 Å². The highest BCUT2D eigenvalue weighted by atomic mass is 28.2. The maximum atomic E-state index is 9.71. The molecule has 0 saturated heterocycles. The number of rotatable bonds is 5. The van der Waals surface area contributed by atoms with Gasteiger partial charge < -0.3 is 9.53 Å². The van der Waals surface area contributed by atoms with Gasteiger partial charge in [0.1, 0.15) is 5.75 Å². The van der Waals surface area contributed by atoms with Crippen LogP contribution in [0.4, 0.5) is 0 Å². The van der Waals surface area contributed by atoms with E-state index in [-0.39, 0.29) is 0 Å². The Morgan fingerprint density at radius 2 is 1.90 bits per heavy atom. The van der Waals surface area contributed by atoms with Crippen LogP contribution in [0.3, 0.4) is 0 Å². The van der Waals surface area contributed by atoms with Gasteiger partial charge in [0.05, 0.1) is 6.61 Å². The smallest absolute Gasteiger partial charge is 0.269 e. The van der Waals surface area contributed by atoms with Crippen molar-refractivity contribution in [3.05, 3.63) is 59.2 Å². The van der Waals surface area contributed by atoms with Gasteiger partial charge in [-0.05, 0) is 29.7 Å². The van der Waals surface area contributed by atoms with Crippen LogP contribution in [0.5, 0.6) is 5.75 Å². The zero-order valence-electron chi connectivity index (χ0n) is 12.2. The minimum atomic E-state index is 0.297. The molecule has 0 aromatic heterocycles. The lowest BCUT2D eigenvalue weighted by molar-refractivity contribution is 0.321. The Kier molecular flexibility index (Phi) is 4.98. The molecule has 0 bridgehead atoms. The molecule has 0 aliphatic rings. The lowest BCUT2D eigenvalue weighted by Crippen LogP contribution is -2.23. The number of phenols is 1. The maximum Gasteiger partial charge on any atom is 0.269 e. The Morgan fingerprint density at radius 3 is 2.60 bits per heavy atom. The molecule has 2 rings (SSSR count). The van der Waals surface area contributed by atoms with Gasteiger partial charge in [0, 0.05) is 5.56 Å². The predicted molar refractivity (Wildman–Crippen MR) is 83.6 cm³/mol. The van der Waals surface area contributed by atoms with E-state index in [1.807, 2.05) is 18.2 Å². The molecule has 2 radical (unpaired) electrons. The number of hydrogen-bond donors (Lipinski definition) is 1. The quantitative estimate of drug-likeness (QED) is 0.854. The average molecular weight is 284 g/mol. The molecular weight excluding hydrogens is 264 g/mol. The fourth-order valence-electron chi connectivity index (χ4n) is 2.08. The number of para-hydroxylation sites is 1. The Bertz CT molecular complexity index is 579. The number of hydrogen-bond acceptors (Lipinski definition) is 2. The molecule has 0 aliphatic heterocycles. The highest BCUT2D eigenvalue weighted by Crippen LogP contribution is 2.17. The van der Waals surface area contributed by atoms with E-state index in [4.69, 9.17) is 4.43 Å². The third kappa shape index (κ3) is 3.71. The second kappa shape index (κ2) is 6.73. The largest absolute Gasteiger partial charge is 0.508 e. The first-order chi connectivity index (χ1) is 9.58. The van der Waals surface area contributed by atoms with Crippen LogP contribution in [0.1, 0.15) is 36.5 Å². The number of aromatic hydroxyl groups is 1. The topological polar surface area (TPSA) is 29.5 Å². The summed E-state index contributed by atoms with van der Waals surface area (Å²) in [5.74, 6) is 0.788. The SMILES string of the molecule is Cc1ccc([Si]OCc2ccccc2O)c(C(C)C)c1. The Morgan fingerprint density at radius 1 is 1.15 bits per heavy atom. The minimum absolute atomic E-state index is 0.297. The summed E-state index contributed by atoms with van der Waals surface area (Å²) in [6, 6.07) is 13.8.